The van der Waals surface area contributed by atoms with Crippen LogP contribution in [-0.2, 0) is 35.5 Å². The highest BCUT2D eigenvalue weighted by Gasteiger charge is 2.26. The monoisotopic (exact) mass is 484 g/mol. The number of rotatable bonds is 7. The molecule has 1 fully saturated rings. The van der Waals surface area contributed by atoms with Crippen molar-refractivity contribution in [2.45, 2.75) is 30.2 Å². The number of aryl methyl sites for hydroxylation is 1. The first-order valence-electron chi connectivity index (χ1n) is 11.3. The number of nitrogens with zero attached hydrogens (tertiary/aromatic N) is 1. The van der Waals surface area contributed by atoms with Crippen molar-refractivity contribution in [3.8, 4) is 0 Å². The minimum absolute atomic E-state index is 0.0704. The second-order valence-electron chi connectivity index (χ2n) is 8.24. The number of esters is 1. The number of carbonyl (C=O) groups is 2. The van der Waals surface area contributed by atoms with Gasteiger partial charge in [-0.3, -0.25) is 4.79 Å². The van der Waals surface area contributed by atoms with Crippen LogP contribution in [-0.4, -0.2) is 57.5 Å². The van der Waals surface area contributed by atoms with E-state index in [2.05, 4.69) is 11.4 Å². The number of fused-ring (bicyclic) bond motifs is 1. The molecule has 0 saturated carbocycles. The topological polar surface area (TPSA) is 102 Å². The van der Waals surface area contributed by atoms with Crippen molar-refractivity contribution in [3.63, 3.8) is 0 Å². The Morgan fingerprint density at radius 2 is 1.82 bits per heavy atom. The molecule has 2 aliphatic rings. The van der Waals surface area contributed by atoms with Crippen LogP contribution in [0.1, 0.15) is 35.6 Å². The lowest BCUT2D eigenvalue weighted by molar-refractivity contribution is -0.144. The predicted octanol–water partition coefficient (Wildman–Crippen LogP) is 2.46. The van der Waals surface area contributed by atoms with Crippen molar-refractivity contribution in [2.75, 3.05) is 32.9 Å². The maximum Gasteiger partial charge on any atom is 0.331 e. The van der Waals surface area contributed by atoms with E-state index in [0.29, 0.717) is 31.9 Å². The molecule has 4 rings (SSSR count). The molecule has 0 spiro atoms. The molecular weight excluding hydrogens is 456 g/mol. The van der Waals surface area contributed by atoms with Gasteiger partial charge in [-0.05, 0) is 54.2 Å². The van der Waals surface area contributed by atoms with E-state index >= 15 is 0 Å². The fourth-order valence-electron chi connectivity index (χ4n) is 4.18. The van der Waals surface area contributed by atoms with Crippen LogP contribution in [0.2, 0.25) is 0 Å². The number of benzene rings is 2. The summed E-state index contributed by atoms with van der Waals surface area (Å²) in [6.45, 7) is 1.06. The van der Waals surface area contributed by atoms with E-state index in [9.17, 15) is 18.0 Å². The van der Waals surface area contributed by atoms with Gasteiger partial charge in [0.25, 0.3) is 5.91 Å². The smallest absolute Gasteiger partial charge is 0.331 e. The molecule has 1 unspecified atom stereocenters. The standard InChI is InChI=1S/C25H28N2O6S/c28-24(26-23-7-3-5-20-4-1-2-6-22(20)23)18-33-25(29)13-10-19-8-11-21(12-9-19)34(30,31)27-14-16-32-17-15-27/h1-2,4,6,8-13,23H,3,5,7,14-18H2,(H,26,28)/b13-10+. The van der Waals surface area contributed by atoms with Crippen molar-refractivity contribution < 1.29 is 27.5 Å². The molecule has 1 heterocycles. The van der Waals surface area contributed by atoms with Gasteiger partial charge < -0.3 is 14.8 Å². The molecule has 9 heteroatoms. The minimum Gasteiger partial charge on any atom is -0.452 e. The Labute approximate surface area is 199 Å². The fourth-order valence-corrected chi connectivity index (χ4v) is 5.58. The van der Waals surface area contributed by atoms with Crippen LogP contribution in [0.25, 0.3) is 6.08 Å². The quantitative estimate of drug-likeness (QED) is 0.479. The molecule has 8 nitrogen and oxygen atoms in total. The molecule has 1 atom stereocenters. The number of morpholine rings is 1. The first kappa shape index (κ1) is 24.1. The summed E-state index contributed by atoms with van der Waals surface area (Å²) in [4.78, 5) is 24.5. The SMILES string of the molecule is O=C(COC(=O)/C=C/c1ccc(S(=O)(=O)N2CCOCC2)cc1)NC1CCCc2ccccc21. The molecule has 2 aromatic rings. The second-order valence-corrected chi connectivity index (χ2v) is 10.2. The summed E-state index contributed by atoms with van der Waals surface area (Å²) in [5.41, 5.74) is 3.00. The van der Waals surface area contributed by atoms with Gasteiger partial charge in [0.2, 0.25) is 10.0 Å². The number of ether oxygens (including phenoxy) is 2. The molecule has 1 aliphatic carbocycles. The molecule has 0 radical (unpaired) electrons. The second kappa shape index (κ2) is 10.9. The summed E-state index contributed by atoms with van der Waals surface area (Å²) in [5.74, 6) is -0.995. The molecule has 34 heavy (non-hydrogen) atoms. The lowest BCUT2D eigenvalue weighted by Gasteiger charge is -2.26. The first-order chi connectivity index (χ1) is 16.4. The van der Waals surface area contributed by atoms with E-state index < -0.39 is 16.0 Å². The summed E-state index contributed by atoms with van der Waals surface area (Å²) in [5, 5.41) is 2.94. The summed E-state index contributed by atoms with van der Waals surface area (Å²) in [7, 11) is -3.57. The van der Waals surface area contributed by atoms with Gasteiger partial charge in [0.05, 0.1) is 24.2 Å². The summed E-state index contributed by atoms with van der Waals surface area (Å²) in [6, 6.07) is 14.2. The van der Waals surface area contributed by atoms with E-state index in [1.165, 1.54) is 34.2 Å². The van der Waals surface area contributed by atoms with Crippen LogP contribution in [0.4, 0.5) is 0 Å². The van der Waals surface area contributed by atoms with Crippen molar-refractivity contribution in [1.82, 2.24) is 9.62 Å². The number of amides is 1. The summed E-state index contributed by atoms with van der Waals surface area (Å²) >= 11 is 0. The number of hydrogen-bond donors (Lipinski definition) is 1. The number of sulfonamides is 1. The van der Waals surface area contributed by atoms with E-state index in [1.807, 2.05) is 18.2 Å². The van der Waals surface area contributed by atoms with Gasteiger partial charge in [-0.1, -0.05) is 36.4 Å². The zero-order chi connectivity index (χ0) is 24.0. The van der Waals surface area contributed by atoms with Crippen LogP contribution < -0.4 is 5.32 Å². The van der Waals surface area contributed by atoms with Gasteiger partial charge in [-0.15, -0.1) is 0 Å². The van der Waals surface area contributed by atoms with Crippen LogP contribution in [0.5, 0.6) is 0 Å². The zero-order valence-corrected chi connectivity index (χ0v) is 19.6. The van der Waals surface area contributed by atoms with E-state index in [1.54, 1.807) is 12.1 Å². The van der Waals surface area contributed by atoms with Crippen molar-refractivity contribution in [2.24, 2.45) is 0 Å². The third-order valence-electron chi connectivity index (χ3n) is 5.95. The molecule has 0 bridgehead atoms. The average Bonchev–Trinajstić information content (AvgIpc) is 2.87. The Morgan fingerprint density at radius 3 is 2.59 bits per heavy atom. The lowest BCUT2D eigenvalue weighted by atomic mass is 9.88. The average molecular weight is 485 g/mol. The highest BCUT2D eigenvalue weighted by atomic mass is 32.2. The number of hydrogen-bond acceptors (Lipinski definition) is 6. The maximum absolute atomic E-state index is 12.7. The Kier molecular flexibility index (Phi) is 7.77. The highest BCUT2D eigenvalue weighted by Crippen LogP contribution is 2.29. The van der Waals surface area contributed by atoms with Gasteiger partial charge in [0.1, 0.15) is 0 Å². The molecule has 1 aliphatic heterocycles. The van der Waals surface area contributed by atoms with Crippen molar-refractivity contribution in [1.29, 1.82) is 0 Å². The molecule has 1 saturated heterocycles. The zero-order valence-electron chi connectivity index (χ0n) is 18.8. The highest BCUT2D eigenvalue weighted by molar-refractivity contribution is 7.89. The van der Waals surface area contributed by atoms with Crippen LogP contribution >= 0.6 is 0 Å². The van der Waals surface area contributed by atoms with E-state index in [4.69, 9.17) is 9.47 Å². The number of carbonyl (C=O) groups excluding carboxylic acids is 2. The van der Waals surface area contributed by atoms with Gasteiger partial charge in [-0.25, -0.2) is 13.2 Å². The third-order valence-corrected chi connectivity index (χ3v) is 7.86. The lowest BCUT2D eigenvalue weighted by Crippen LogP contribution is -2.40. The summed E-state index contributed by atoms with van der Waals surface area (Å²) in [6.07, 6.45) is 5.59. The van der Waals surface area contributed by atoms with E-state index in [-0.39, 0.29) is 23.5 Å². The minimum atomic E-state index is -3.57. The molecule has 1 amide bonds. The van der Waals surface area contributed by atoms with E-state index in [0.717, 1.165) is 24.8 Å². The van der Waals surface area contributed by atoms with Crippen LogP contribution in [0, 0.1) is 0 Å². The molecule has 2 aromatic carbocycles. The largest absolute Gasteiger partial charge is 0.452 e. The summed E-state index contributed by atoms with van der Waals surface area (Å²) < 4.78 is 37.0. The Hall–Kier alpha value is -3.01. The third kappa shape index (κ3) is 5.91. The number of nitrogens with one attached hydrogen (secondary N) is 1. The Balaban J connectivity index is 1.27. The molecular formula is C25H28N2O6S. The van der Waals surface area contributed by atoms with Gasteiger partial charge in [0, 0.05) is 19.2 Å². The molecule has 1 N–H and O–H groups in total. The van der Waals surface area contributed by atoms with Crippen molar-refractivity contribution >= 4 is 28.0 Å². The Morgan fingerprint density at radius 1 is 1.09 bits per heavy atom. The molecule has 0 aromatic heterocycles. The van der Waals surface area contributed by atoms with Gasteiger partial charge in [-0.2, -0.15) is 4.31 Å². The van der Waals surface area contributed by atoms with Crippen LogP contribution in [0.15, 0.2) is 59.5 Å². The van der Waals surface area contributed by atoms with Gasteiger partial charge in [0.15, 0.2) is 6.61 Å². The maximum atomic E-state index is 12.7. The first-order valence-corrected chi connectivity index (χ1v) is 12.8. The van der Waals surface area contributed by atoms with Crippen LogP contribution in [0.3, 0.4) is 0 Å². The van der Waals surface area contributed by atoms with Gasteiger partial charge >= 0.3 is 5.97 Å². The predicted molar refractivity (Wildman–Crippen MR) is 126 cm³/mol. The molecule has 180 valence electrons. The van der Waals surface area contributed by atoms with Crippen molar-refractivity contribution in [3.05, 3.63) is 71.3 Å². The normalized spacial score (nSPS) is 18.9. The fraction of sp³-hybridized carbons (Fsp3) is 0.360. The Bertz CT molecular complexity index is 1150.